The van der Waals surface area contributed by atoms with Crippen LogP contribution in [0.2, 0.25) is 19.6 Å². The number of ether oxygens (including phenoxy) is 2. The second-order valence-corrected chi connectivity index (χ2v) is 6.98. The normalized spacial score (nSPS) is 19.8. The molecule has 3 heteroatoms. The van der Waals surface area contributed by atoms with E-state index in [1.165, 1.54) is 0 Å². The summed E-state index contributed by atoms with van der Waals surface area (Å²) >= 11 is 0. The molecule has 1 fully saturated rings. The molecule has 72 valence electrons. The van der Waals surface area contributed by atoms with Crippen molar-refractivity contribution in [3.05, 3.63) is 12.7 Å². The van der Waals surface area contributed by atoms with Crippen molar-refractivity contribution < 1.29 is 9.47 Å². The van der Waals surface area contributed by atoms with Gasteiger partial charge in [-0.15, -0.1) is 6.58 Å². The first-order valence-electron chi connectivity index (χ1n) is 4.47. The lowest BCUT2D eigenvalue weighted by atomic mass is 10.5. The second kappa shape index (κ2) is 7.52. The van der Waals surface area contributed by atoms with Crippen molar-refractivity contribution in [2.24, 2.45) is 0 Å². The Kier molecular flexibility index (Phi) is 7.44. The minimum atomic E-state index is -0.139. The Morgan fingerprint density at radius 3 is 2.42 bits per heavy atom. The molecule has 1 rings (SSSR count). The van der Waals surface area contributed by atoms with Crippen LogP contribution in [0.25, 0.3) is 0 Å². The van der Waals surface area contributed by atoms with Gasteiger partial charge in [-0.25, -0.2) is 0 Å². The highest BCUT2D eigenvalue weighted by Crippen LogP contribution is 2.07. The van der Waals surface area contributed by atoms with Crippen molar-refractivity contribution in [2.75, 3.05) is 19.8 Å². The first-order chi connectivity index (χ1) is 5.66. The lowest BCUT2D eigenvalue weighted by Crippen LogP contribution is -2.00. The van der Waals surface area contributed by atoms with Crippen LogP contribution >= 0.6 is 0 Å². The zero-order chi connectivity index (χ0) is 9.40. The van der Waals surface area contributed by atoms with Crippen LogP contribution in [-0.4, -0.2) is 34.7 Å². The Bertz CT molecular complexity index is 108. The fourth-order valence-corrected chi connectivity index (χ4v) is 0.447. The van der Waals surface area contributed by atoms with Gasteiger partial charge in [0.1, 0.15) is 6.10 Å². The van der Waals surface area contributed by atoms with E-state index in [4.69, 9.17) is 9.47 Å². The molecule has 0 amide bonds. The largest absolute Gasteiger partial charge is 0.375 e. The fraction of sp³-hybridized carbons (Fsp3) is 0.778. The molecule has 1 atom stereocenters. The molecule has 1 heterocycles. The van der Waals surface area contributed by atoms with Crippen molar-refractivity contribution in [1.29, 1.82) is 0 Å². The maximum absolute atomic E-state index is 5.06. The van der Waals surface area contributed by atoms with E-state index in [2.05, 4.69) is 26.2 Å². The lowest BCUT2D eigenvalue weighted by Gasteiger charge is -1.92. The average Bonchev–Trinajstić information content (AvgIpc) is 2.70. The molecular formula is C9H20O2Si. The van der Waals surface area contributed by atoms with Crippen LogP contribution in [0, 0.1) is 0 Å². The summed E-state index contributed by atoms with van der Waals surface area (Å²) in [5.41, 5.74) is 0. The molecule has 0 spiro atoms. The van der Waals surface area contributed by atoms with Gasteiger partial charge in [0.15, 0.2) is 0 Å². The molecule has 1 aliphatic rings. The molecule has 0 aromatic carbocycles. The molecule has 1 aliphatic heterocycles. The first kappa shape index (κ1) is 11.9. The maximum atomic E-state index is 5.06. The van der Waals surface area contributed by atoms with E-state index < -0.39 is 0 Å². The van der Waals surface area contributed by atoms with Gasteiger partial charge in [0.2, 0.25) is 0 Å². The van der Waals surface area contributed by atoms with Gasteiger partial charge in [-0.05, 0) is 0 Å². The number of hydrogen-bond acceptors (Lipinski definition) is 2. The zero-order valence-electron chi connectivity index (χ0n) is 8.38. The van der Waals surface area contributed by atoms with Crippen molar-refractivity contribution in [2.45, 2.75) is 25.7 Å². The molecule has 1 unspecified atom stereocenters. The highest BCUT2D eigenvalue weighted by molar-refractivity contribution is 6.54. The van der Waals surface area contributed by atoms with Crippen molar-refractivity contribution in [3.63, 3.8) is 0 Å². The predicted octanol–water partition coefficient (Wildman–Crippen LogP) is 1.69. The summed E-state index contributed by atoms with van der Waals surface area (Å²) in [6, 6.07) is 0. The molecule has 0 aromatic heterocycles. The van der Waals surface area contributed by atoms with E-state index in [9.17, 15) is 0 Å². The van der Waals surface area contributed by atoms with Gasteiger partial charge in [0, 0.05) is 8.80 Å². The summed E-state index contributed by atoms with van der Waals surface area (Å²) in [5, 5.41) is 0. The molecule has 0 radical (unpaired) electrons. The summed E-state index contributed by atoms with van der Waals surface area (Å²) in [7, 11) is -0.139. The molecule has 12 heavy (non-hydrogen) atoms. The fourth-order valence-electron chi connectivity index (χ4n) is 0.447. The third-order valence-corrected chi connectivity index (χ3v) is 0.942. The van der Waals surface area contributed by atoms with Crippen LogP contribution < -0.4 is 0 Å². The van der Waals surface area contributed by atoms with Crippen LogP contribution in [0.15, 0.2) is 12.7 Å². The predicted molar refractivity (Wildman–Crippen MR) is 55.5 cm³/mol. The van der Waals surface area contributed by atoms with Gasteiger partial charge in [-0.2, -0.15) is 0 Å². The third kappa shape index (κ3) is 12.5. The smallest absolute Gasteiger partial charge is 0.104 e. The molecule has 0 saturated carbocycles. The van der Waals surface area contributed by atoms with Crippen LogP contribution in [-0.2, 0) is 9.47 Å². The second-order valence-electron chi connectivity index (χ2n) is 3.51. The summed E-state index contributed by atoms with van der Waals surface area (Å²) in [4.78, 5) is 0. The standard InChI is InChI=1S/C6H10O2.C3H10Si/c1-2-3-7-4-6-5-8-6;1-4(2)3/h2,6H,1,3-5H2;4H,1-3H3. The summed E-state index contributed by atoms with van der Waals surface area (Å²) in [6.45, 7) is 12.7. The number of rotatable bonds is 4. The molecule has 1 saturated heterocycles. The quantitative estimate of drug-likeness (QED) is 0.290. The van der Waals surface area contributed by atoms with Crippen molar-refractivity contribution in [3.8, 4) is 0 Å². The van der Waals surface area contributed by atoms with Crippen LogP contribution in [0.4, 0.5) is 0 Å². The van der Waals surface area contributed by atoms with E-state index in [0.717, 1.165) is 13.2 Å². The Hall–Kier alpha value is -0.123. The third-order valence-electron chi connectivity index (χ3n) is 0.942. The highest BCUT2D eigenvalue weighted by Gasteiger charge is 2.21. The Morgan fingerprint density at radius 1 is 1.58 bits per heavy atom. The van der Waals surface area contributed by atoms with E-state index in [0.29, 0.717) is 12.7 Å². The van der Waals surface area contributed by atoms with Crippen molar-refractivity contribution in [1.82, 2.24) is 0 Å². The van der Waals surface area contributed by atoms with Crippen LogP contribution in [0.5, 0.6) is 0 Å². The van der Waals surface area contributed by atoms with Gasteiger partial charge in [-0.1, -0.05) is 25.7 Å². The van der Waals surface area contributed by atoms with Gasteiger partial charge in [-0.3, -0.25) is 0 Å². The Labute approximate surface area is 77.2 Å². The topological polar surface area (TPSA) is 21.8 Å². The van der Waals surface area contributed by atoms with E-state index in [1.807, 2.05) is 0 Å². The average molecular weight is 188 g/mol. The van der Waals surface area contributed by atoms with Crippen LogP contribution in [0.3, 0.4) is 0 Å². The van der Waals surface area contributed by atoms with Gasteiger partial charge >= 0.3 is 0 Å². The minimum Gasteiger partial charge on any atom is -0.375 e. The first-order valence-corrected chi connectivity index (χ1v) is 7.93. The molecule has 0 bridgehead atoms. The number of hydrogen-bond donors (Lipinski definition) is 0. The molecular weight excluding hydrogens is 168 g/mol. The molecule has 0 aliphatic carbocycles. The van der Waals surface area contributed by atoms with Gasteiger partial charge < -0.3 is 9.47 Å². The molecule has 2 nitrogen and oxygen atoms in total. The molecule has 0 N–H and O–H groups in total. The number of epoxide rings is 1. The molecule has 0 aromatic rings. The highest BCUT2D eigenvalue weighted by atomic mass is 28.3. The van der Waals surface area contributed by atoms with E-state index in [-0.39, 0.29) is 8.80 Å². The zero-order valence-corrected chi connectivity index (χ0v) is 9.53. The minimum absolute atomic E-state index is 0.139. The van der Waals surface area contributed by atoms with E-state index >= 15 is 0 Å². The van der Waals surface area contributed by atoms with E-state index in [1.54, 1.807) is 6.08 Å². The van der Waals surface area contributed by atoms with Crippen molar-refractivity contribution >= 4 is 8.80 Å². The SMILES string of the molecule is C=CCOCC1CO1.C[SiH](C)C. The van der Waals surface area contributed by atoms with Gasteiger partial charge in [0.05, 0.1) is 19.8 Å². The van der Waals surface area contributed by atoms with Gasteiger partial charge in [0.25, 0.3) is 0 Å². The maximum Gasteiger partial charge on any atom is 0.104 e. The summed E-state index contributed by atoms with van der Waals surface area (Å²) in [5.74, 6) is 0. The lowest BCUT2D eigenvalue weighted by molar-refractivity contribution is 0.141. The summed E-state index contributed by atoms with van der Waals surface area (Å²) in [6.07, 6.45) is 2.12. The summed E-state index contributed by atoms with van der Waals surface area (Å²) < 4.78 is 9.96. The van der Waals surface area contributed by atoms with Crippen LogP contribution in [0.1, 0.15) is 0 Å². The monoisotopic (exact) mass is 188 g/mol. The Morgan fingerprint density at radius 2 is 2.08 bits per heavy atom. The Balaban J connectivity index is 0.000000261.